The number of methoxy groups -OCH3 is 3. The molecule has 0 saturated heterocycles. The Morgan fingerprint density at radius 2 is 1.88 bits per heavy atom. The zero-order valence-electron chi connectivity index (χ0n) is 14.5. The fraction of sp³-hybridized carbons (Fsp3) is 0.368. The van der Waals surface area contributed by atoms with Crippen LogP contribution in [0.1, 0.15) is 11.1 Å². The summed E-state index contributed by atoms with van der Waals surface area (Å²) in [6, 6.07) is 6.25. The molecule has 2 aromatic carbocycles. The molecule has 1 heterocycles. The molecule has 6 heteroatoms. The number of phenolic OH excluding ortho intramolecular Hbond substituents is 1. The first kappa shape index (κ1) is 17.2. The predicted octanol–water partition coefficient (Wildman–Crippen LogP) is 3.35. The monoisotopic (exact) mass is 348 g/mol. The molecule has 5 nitrogen and oxygen atoms in total. The van der Waals surface area contributed by atoms with E-state index < -0.39 is 5.82 Å². The van der Waals surface area contributed by atoms with E-state index in [1.807, 2.05) is 0 Å². The number of hydrogen-bond acceptors (Lipinski definition) is 5. The van der Waals surface area contributed by atoms with Gasteiger partial charge in [-0.25, -0.2) is 4.39 Å². The van der Waals surface area contributed by atoms with Crippen LogP contribution >= 0.6 is 0 Å². The van der Waals surface area contributed by atoms with Gasteiger partial charge >= 0.3 is 0 Å². The van der Waals surface area contributed by atoms with Gasteiger partial charge in [-0.2, -0.15) is 0 Å². The smallest absolute Gasteiger partial charge is 0.203 e. The molecular formula is C19H21FO5. The van der Waals surface area contributed by atoms with Gasteiger partial charge in [0.2, 0.25) is 5.75 Å². The minimum atomic E-state index is -0.612. The largest absolute Gasteiger partial charge is 0.505 e. The maximum absolute atomic E-state index is 13.5. The van der Waals surface area contributed by atoms with Crippen LogP contribution in [-0.4, -0.2) is 33.0 Å². The summed E-state index contributed by atoms with van der Waals surface area (Å²) < 4.78 is 35.7. The van der Waals surface area contributed by atoms with Crippen LogP contribution in [0.2, 0.25) is 0 Å². The van der Waals surface area contributed by atoms with Gasteiger partial charge in [-0.3, -0.25) is 0 Å². The van der Waals surface area contributed by atoms with E-state index >= 15 is 0 Å². The first-order chi connectivity index (χ1) is 12.1. The zero-order valence-corrected chi connectivity index (χ0v) is 14.5. The molecule has 0 aliphatic carbocycles. The van der Waals surface area contributed by atoms with Gasteiger partial charge in [0.25, 0.3) is 0 Å². The summed E-state index contributed by atoms with van der Waals surface area (Å²) >= 11 is 0. The van der Waals surface area contributed by atoms with E-state index in [9.17, 15) is 9.50 Å². The summed E-state index contributed by atoms with van der Waals surface area (Å²) in [5.74, 6) is 1.59. The number of aromatic hydroxyl groups is 1. The molecule has 1 atom stereocenters. The molecule has 0 spiro atoms. The van der Waals surface area contributed by atoms with Gasteiger partial charge in [0.05, 0.1) is 27.9 Å². The molecule has 0 amide bonds. The fourth-order valence-corrected chi connectivity index (χ4v) is 3.21. The number of phenols is 1. The summed E-state index contributed by atoms with van der Waals surface area (Å²) in [5.41, 5.74) is 1.72. The number of fused-ring (bicyclic) bond motifs is 1. The Bertz CT molecular complexity index is 775. The van der Waals surface area contributed by atoms with Crippen molar-refractivity contribution in [1.82, 2.24) is 0 Å². The Kier molecular flexibility index (Phi) is 4.88. The number of benzene rings is 2. The zero-order chi connectivity index (χ0) is 18.0. The standard InChI is InChI=1S/C19H21FO5/c1-22-17-9-16-13(18(23-2)19(17)24-3)7-12(10-25-16)6-11-4-5-15(21)14(20)8-11/h4-5,8-9,12,21H,6-7,10H2,1-3H3. The lowest BCUT2D eigenvalue weighted by molar-refractivity contribution is 0.213. The van der Waals surface area contributed by atoms with Crippen LogP contribution in [-0.2, 0) is 12.8 Å². The van der Waals surface area contributed by atoms with Crippen LogP contribution in [0.3, 0.4) is 0 Å². The van der Waals surface area contributed by atoms with Crippen molar-refractivity contribution in [2.45, 2.75) is 12.8 Å². The summed E-state index contributed by atoms with van der Waals surface area (Å²) in [7, 11) is 4.71. The Hall–Kier alpha value is -2.63. The summed E-state index contributed by atoms with van der Waals surface area (Å²) in [5, 5.41) is 9.31. The highest BCUT2D eigenvalue weighted by Gasteiger charge is 2.28. The molecule has 1 aliphatic rings. The Morgan fingerprint density at radius 3 is 2.52 bits per heavy atom. The minimum Gasteiger partial charge on any atom is -0.505 e. The summed E-state index contributed by atoms with van der Waals surface area (Å²) in [6.45, 7) is 0.508. The van der Waals surface area contributed by atoms with Crippen LogP contribution in [0.4, 0.5) is 4.39 Å². The van der Waals surface area contributed by atoms with Gasteiger partial charge < -0.3 is 24.1 Å². The van der Waals surface area contributed by atoms with Gasteiger partial charge in [-0.15, -0.1) is 0 Å². The van der Waals surface area contributed by atoms with Crippen molar-refractivity contribution in [3.05, 3.63) is 41.2 Å². The number of hydrogen-bond donors (Lipinski definition) is 1. The molecule has 1 unspecified atom stereocenters. The number of rotatable bonds is 5. The summed E-state index contributed by atoms with van der Waals surface area (Å²) in [4.78, 5) is 0. The average Bonchev–Trinajstić information content (AvgIpc) is 2.63. The van der Waals surface area contributed by atoms with E-state index in [0.29, 0.717) is 42.4 Å². The van der Waals surface area contributed by atoms with Gasteiger partial charge in [-0.1, -0.05) is 6.07 Å². The van der Waals surface area contributed by atoms with Crippen LogP contribution < -0.4 is 18.9 Å². The van der Waals surface area contributed by atoms with Crippen molar-refractivity contribution in [2.24, 2.45) is 5.92 Å². The van der Waals surface area contributed by atoms with E-state index in [0.717, 1.165) is 11.1 Å². The third-order valence-corrected chi connectivity index (χ3v) is 4.40. The Morgan fingerprint density at radius 1 is 1.12 bits per heavy atom. The highest BCUT2D eigenvalue weighted by atomic mass is 19.1. The SMILES string of the molecule is COc1cc2c(c(OC)c1OC)CC(Cc1ccc(O)c(F)c1)CO2. The molecule has 3 rings (SSSR count). The molecule has 0 bridgehead atoms. The van der Waals surface area contributed by atoms with E-state index in [1.54, 1.807) is 33.5 Å². The second-order valence-electron chi connectivity index (χ2n) is 5.99. The van der Waals surface area contributed by atoms with Crippen molar-refractivity contribution >= 4 is 0 Å². The van der Waals surface area contributed by atoms with Crippen LogP contribution in [0.15, 0.2) is 24.3 Å². The normalized spacial score (nSPS) is 15.9. The van der Waals surface area contributed by atoms with Gasteiger partial charge in [0.15, 0.2) is 23.1 Å². The van der Waals surface area contributed by atoms with Crippen LogP contribution in [0.5, 0.6) is 28.7 Å². The van der Waals surface area contributed by atoms with Crippen LogP contribution in [0, 0.1) is 11.7 Å². The third-order valence-electron chi connectivity index (χ3n) is 4.40. The van der Waals surface area contributed by atoms with Crippen molar-refractivity contribution in [3.8, 4) is 28.7 Å². The van der Waals surface area contributed by atoms with Gasteiger partial charge in [0.1, 0.15) is 5.75 Å². The van der Waals surface area contributed by atoms with Crippen molar-refractivity contribution < 1.29 is 28.4 Å². The fourth-order valence-electron chi connectivity index (χ4n) is 3.21. The first-order valence-electron chi connectivity index (χ1n) is 7.99. The Labute approximate surface area is 145 Å². The molecule has 0 saturated carbocycles. The van der Waals surface area contributed by atoms with E-state index in [4.69, 9.17) is 18.9 Å². The maximum atomic E-state index is 13.5. The maximum Gasteiger partial charge on any atom is 0.203 e. The molecule has 134 valence electrons. The molecule has 25 heavy (non-hydrogen) atoms. The lowest BCUT2D eigenvalue weighted by Crippen LogP contribution is -2.23. The lowest BCUT2D eigenvalue weighted by atomic mass is 9.90. The number of ether oxygens (including phenoxy) is 4. The molecule has 1 aliphatic heterocycles. The van der Waals surface area contributed by atoms with E-state index in [-0.39, 0.29) is 11.7 Å². The molecular weight excluding hydrogens is 327 g/mol. The average molecular weight is 348 g/mol. The third kappa shape index (κ3) is 3.29. The highest BCUT2D eigenvalue weighted by molar-refractivity contribution is 5.62. The molecule has 0 radical (unpaired) electrons. The topological polar surface area (TPSA) is 57.2 Å². The lowest BCUT2D eigenvalue weighted by Gasteiger charge is -2.28. The predicted molar refractivity (Wildman–Crippen MR) is 90.6 cm³/mol. The second-order valence-corrected chi connectivity index (χ2v) is 5.99. The molecule has 0 fully saturated rings. The Balaban J connectivity index is 1.88. The van der Waals surface area contributed by atoms with Crippen molar-refractivity contribution in [1.29, 1.82) is 0 Å². The van der Waals surface area contributed by atoms with Crippen molar-refractivity contribution in [3.63, 3.8) is 0 Å². The van der Waals surface area contributed by atoms with Gasteiger partial charge in [-0.05, 0) is 30.5 Å². The molecule has 2 aromatic rings. The minimum absolute atomic E-state index is 0.156. The van der Waals surface area contributed by atoms with Crippen molar-refractivity contribution in [2.75, 3.05) is 27.9 Å². The van der Waals surface area contributed by atoms with E-state index in [1.165, 1.54) is 12.1 Å². The van der Waals surface area contributed by atoms with Crippen LogP contribution in [0.25, 0.3) is 0 Å². The van der Waals surface area contributed by atoms with E-state index in [2.05, 4.69) is 0 Å². The quantitative estimate of drug-likeness (QED) is 0.898. The molecule has 1 N–H and O–H groups in total. The summed E-state index contributed by atoms with van der Waals surface area (Å²) in [6.07, 6.45) is 1.34. The van der Waals surface area contributed by atoms with Gasteiger partial charge in [0, 0.05) is 17.5 Å². The molecule has 0 aromatic heterocycles. The highest BCUT2D eigenvalue weighted by Crippen LogP contribution is 2.47. The number of halogens is 1. The first-order valence-corrected chi connectivity index (χ1v) is 7.99. The second kappa shape index (κ2) is 7.09.